The van der Waals surface area contributed by atoms with Crippen LogP contribution in [0, 0.1) is 13.8 Å². The molecule has 5 heteroatoms. The Balaban J connectivity index is 1.90. The van der Waals surface area contributed by atoms with Gasteiger partial charge in [0.25, 0.3) is 0 Å². The van der Waals surface area contributed by atoms with Gasteiger partial charge in [-0.1, -0.05) is 29.8 Å². The summed E-state index contributed by atoms with van der Waals surface area (Å²) in [4.78, 5) is 11.1. The molecule has 0 spiro atoms. The van der Waals surface area contributed by atoms with Crippen LogP contribution >= 0.6 is 0 Å². The van der Waals surface area contributed by atoms with E-state index in [1.807, 2.05) is 13.0 Å². The maximum absolute atomic E-state index is 4.45. The number of aryl methyl sites for hydroxylation is 2. The second-order valence-corrected chi connectivity index (χ2v) is 6.11. The lowest BCUT2D eigenvalue weighted by Crippen LogP contribution is -2.17. The van der Waals surface area contributed by atoms with Gasteiger partial charge in [0.15, 0.2) is 0 Å². The fourth-order valence-corrected chi connectivity index (χ4v) is 2.26. The number of hydrogen-bond donors (Lipinski definition) is 2. The second-order valence-electron chi connectivity index (χ2n) is 6.11. The Hall–Kier alpha value is -2.14. The van der Waals surface area contributed by atoms with E-state index in [4.69, 9.17) is 0 Å². The van der Waals surface area contributed by atoms with E-state index in [9.17, 15) is 0 Å². The van der Waals surface area contributed by atoms with Gasteiger partial charge in [-0.25, -0.2) is 9.97 Å². The molecule has 0 amide bonds. The number of benzene rings is 1. The topological polar surface area (TPSA) is 53.1 Å². The Bertz CT molecular complexity index is 607. The molecule has 0 aliphatic rings. The first-order chi connectivity index (χ1) is 11.0. The Morgan fingerprint density at radius 2 is 1.61 bits per heavy atom. The molecule has 0 bridgehead atoms. The van der Waals surface area contributed by atoms with Gasteiger partial charge in [0.2, 0.25) is 0 Å². The zero-order valence-corrected chi connectivity index (χ0v) is 14.6. The number of hydrogen-bond acceptors (Lipinski definition) is 5. The summed E-state index contributed by atoms with van der Waals surface area (Å²) < 4.78 is 0. The quantitative estimate of drug-likeness (QED) is 0.734. The maximum atomic E-state index is 4.45. The van der Waals surface area contributed by atoms with E-state index >= 15 is 0 Å². The highest BCUT2D eigenvalue weighted by Gasteiger charge is 2.02. The van der Waals surface area contributed by atoms with Crippen molar-refractivity contribution in [3.63, 3.8) is 0 Å². The first-order valence-corrected chi connectivity index (χ1v) is 8.06. The number of nitrogens with one attached hydrogen (secondary N) is 2. The largest absolute Gasteiger partial charge is 0.370 e. The molecule has 0 aliphatic carbocycles. The molecule has 0 atom stereocenters. The van der Waals surface area contributed by atoms with Crippen molar-refractivity contribution >= 4 is 11.6 Å². The van der Waals surface area contributed by atoms with Crippen molar-refractivity contribution in [1.82, 2.24) is 14.9 Å². The third-order valence-corrected chi connectivity index (χ3v) is 3.52. The highest BCUT2D eigenvalue weighted by molar-refractivity contribution is 5.47. The minimum absolute atomic E-state index is 0.761. The zero-order chi connectivity index (χ0) is 16.7. The summed E-state index contributed by atoms with van der Waals surface area (Å²) in [5.41, 5.74) is 2.52. The van der Waals surface area contributed by atoms with Crippen LogP contribution in [0.5, 0.6) is 0 Å². The van der Waals surface area contributed by atoms with Gasteiger partial charge in [0.05, 0.1) is 0 Å². The number of anilines is 2. The van der Waals surface area contributed by atoms with Crippen LogP contribution in [0.15, 0.2) is 30.3 Å². The van der Waals surface area contributed by atoms with Gasteiger partial charge in [-0.15, -0.1) is 0 Å². The first kappa shape index (κ1) is 17.2. The van der Waals surface area contributed by atoms with E-state index in [1.165, 1.54) is 11.1 Å². The molecule has 2 aromatic rings. The Morgan fingerprint density at radius 1 is 0.957 bits per heavy atom. The van der Waals surface area contributed by atoms with Crippen LogP contribution in [0.4, 0.5) is 11.6 Å². The number of aromatic nitrogens is 2. The van der Waals surface area contributed by atoms with Crippen LogP contribution in [-0.2, 0) is 6.54 Å². The van der Waals surface area contributed by atoms with E-state index in [0.29, 0.717) is 0 Å². The minimum Gasteiger partial charge on any atom is -0.370 e. The van der Waals surface area contributed by atoms with Crippen LogP contribution in [0.25, 0.3) is 0 Å². The fraction of sp³-hybridized carbons (Fsp3) is 0.444. The van der Waals surface area contributed by atoms with Gasteiger partial charge in [0, 0.05) is 19.2 Å². The van der Waals surface area contributed by atoms with E-state index in [0.717, 1.165) is 43.5 Å². The lowest BCUT2D eigenvalue weighted by Gasteiger charge is -2.12. The van der Waals surface area contributed by atoms with Crippen molar-refractivity contribution in [2.45, 2.75) is 26.8 Å². The molecule has 0 saturated heterocycles. The van der Waals surface area contributed by atoms with Crippen LogP contribution < -0.4 is 10.6 Å². The molecule has 1 heterocycles. The van der Waals surface area contributed by atoms with E-state index in [2.05, 4.69) is 70.8 Å². The molecule has 0 fully saturated rings. The van der Waals surface area contributed by atoms with Gasteiger partial charge >= 0.3 is 0 Å². The predicted octanol–water partition coefficient (Wildman–Crippen LogP) is 3.07. The summed E-state index contributed by atoms with van der Waals surface area (Å²) in [5, 5.41) is 6.74. The molecule has 0 radical (unpaired) electrons. The molecular formula is C18H27N5. The summed E-state index contributed by atoms with van der Waals surface area (Å²) in [6.45, 7) is 6.75. The lowest BCUT2D eigenvalue weighted by molar-refractivity contribution is 0.405. The molecule has 0 aliphatic heterocycles. The van der Waals surface area contributed by atoms with Crippen molar-refractivity contribution in [3.05, 3.63) is 47.3 Å². The normalized spacial score (nSPS) is 10.8. The molecule has 1 aromatic heterocycles. The molecule has 124 valence electrons. The Kier molecular flexibility index (Phi) is 6.35. The summed E-state index contributed by atoms with van der Waals surface area (Å²) in [6, 6.07) is 10.5. The first-order valence-electron chi connectivity index (χ1n) is 8.06. The zero-order valence-electron chi connectivity index (χ0n) is 14.6. The average Bonchev–Trinajstić information content (AvgIpc) is 2.50. The summed E-state index contributed by atoms with van der Waals surface area (Å²) in [7, 11) is 4.17. The standard InChI is InChI=1S/C18H27N5/c1-14-6-8-16(9-7-14)13-20-18-12-17(21-15(2)22-18)19-10-5-11-23(3)4/h6-9,12H,5,10-11,13H2,1-4H3,(H2,19,20,21,22). The molecule has 5 nitrogen and oxygen atoms in total. The maximum Gasteiger partial charge on any atom is 0.132 e. The second kappa shape index (κ2) is 8.48. The molecular weight excluding hydrogens is 286 g/mol. The molecule has 0 unspecified atom stereocenters. The molecule has 0 saturated carbocycles. The van der Waals surface area contributed by atoms with Gasteiger partial charge in [-0.3, -0.25) is 0 Å². The van der Waals surface area contributed by atoms with Crippen molar-refractivity contribution in [1.29, 1.82) is 0 Å². The Labute approximate surface area is 139 Å². The lowest BCUT2D eigenvalue weighted by atomic mass is 10.1. The van der Waals surface area contributed by atoms with Gasteiger partial charge in [0.1, 0.15) is 17.5 Å². The summed E-state index contributed by atoms with van der Waals surface area (Å²) >= 11 is 0. The van der Waals surface area contributed by atoms with E-state index in [1.54, 1.807) is 0 Å². The summed E-state index contributed by atoms with van der Waals surface area (Å²) in [5.74, 6) is 2.50. The number of nitrogens with zero attached hydrogens (tertiary/aromatic N) is 3. The van der Waals surface area contributed by atoms with Crippen LogP contribution in [-0.4, -0.2) is 42.1 Å². The highest BCUT2D eigenvalue weighted by atomic mass is 15.1. The fourth-order valence-electron chi connectivity index (χ4n) is 2.26. The van der Waals surface area contributed by atoms with E-state index in [-0.39, 0.29) is 0 Å². The summed E-state index contributed by atoms with van der Waals surface area (Å²) in [6.07, 6.45) is 1.09. The highest BCUT2D eigenvalue weighted by Crippen LogP contribution is 2.13. The molecule has 2 N–H and O–H groups in total. The number of rotatable bonds is 8. The predicted molar refractivity (Wildman–Crippen MR) is 96.9 cm³/mol. The van der Waals surface area contributed by atoms with Crippen LogP contribution in [0.2, 0.25) is 0 Å². The van der Waals surface area contributed by atoms with Crippen molar-refractivity contribution < 1.29 is 0 Å². The SMILES string of the molecule is Cc1ccc(CNc2cc(NCCCN(C)C)nc(C)n2)cc1. The van der Waals surface area contributed by atoms with Gasteiger partial charge in [-0.2, -0.15) is 0 Å². The van der Waals surface area contributed by atoms with Crippen LogP contribution in [0.3, 0.4) is 0 Å². The van der Waals surface area contributed by atoms with E-state index < -0.39 is 0 Å². The van der Waals surface area contributed by atoms with Gasteiger partial charge in [-0.05, 0) is 46.5 Å². The third-order valence-electron chi connectivity index (χ3n) is 3.52. The monoisotopic (exact) mass is 313 g/mol. The molecule has 23 heavy (non-hydrogen) atoms. The average molecular weight is 313 g/mol. The van der Waals surface area contributed by atoms with Crippen molar-refractivity contribution in [2.24, 2.45) is 0 Å². The minimum atomic E-state index is 0.761. The molecule has 2 rings (SSSR count). The smallest absolute Gasteiger partial charge is 0.132 e. The Morgan fingerprint density at radius 3 is 2.26 bits per heavy atom. The third kappa shape index (κ3) is 6.24. The van der Waals surface area contributed by atoms with Crippen LogP contribution in [0.1, 0.15) is 23.4 Å². The molecule has 1 aromatic carbocycles. The van der Waals surface area contributed by atoms with Crippen molar-refractivity contribution in [2.75, 3.05) is 37.8 Å². The van der Waals surface area contributed by atoms with Gasteiger partial charge < -0.3 is 15.5 Å². The van der Waals surface area contributed by atoms with Crippen molar-refractivity contribution in [3.8, 4) is 0 Å².